The van der Waals surface area contributed by atoms with E-state index in [0.717, 1.165) is 19.6 Å². The van der Waals surface area contributed by atoms with Crippen LogP contribution in [0.1, 0.15) is 52.7 Å². The summed E-state index contributed by atoms with van der Waals surface area (Å²) in [4.78, 5) is 26.5. The van der Waals surface area contributed by atoms with Crippen LogP contribution in [-0.4, -0.2) is 4.57 Å². The average molecular weight is 558 g/mol. The van der Waals surface area contributed by atoms with Crippen molar-refractivity contribution in [1.82, 2.24) is 4.57 Å². The normalized spacial score (nSPS) is 12.8. The van der Waals surface area contributed by atoms with Crippen molar-refractivity contribution >= 4 is 56.1 Å². The SMILES string of the molecule is CC(C)(C)c1ccc2c(c1)c1cc(C(C)(C)C)ccc1n2-c1ccc(-c2ccc(-c3c(Cl)c(=O)c3=O)s2)s1. The molecule has 38 heavy (non-hydrogen) atoms. The molecular formula is C32H28ClNO2S2. The van der Waals surface area contributed by atoms with E-state index in [4.69, 9.17) is 11.6 Å². The maximum Gasteiger partial charge on any atom is 0.245 e. The lowest BCUT2D eigenvalue weighted by Crippen LogP contribution is -2.32. The number of aromatic nitrogens is 1. The number of rotatable bonds is 3. The molecule has 0 spiro atoms. The zero-order valence-electron chi connectivity index (χ0n) is 22.2. The first kappa shape index (κ1) is 25.3. The fraction of sp³-hybridized carbons (Fsp3) is 0.250. The van der Waals surface area contributed by atoms with E-state index in [1.807, 2.05) is 12.1 Å². The maximum atomic E-state index is 12.0. The number of hydrogen-bond donors (Lipinski definition) is 0. The molecule has 0 bridgehead atoms. The summed E-state index contributed by atoms with van der Waals surface area (Å²) in [5.74, 6) is 0. The van der Waals surface area contributed by atoms with Gasteiger partial charge in [0.2, 0.25) is 10.9 Å². The van der Waals surface area contributed by atoms with E-state index in [1.54, 1.807) is 11.3 Å². The number of halogens is 1. The van der Waals surface area contributed by atoms with Crippen LogP contribution in [0.5, 0.6) is 0 Å². The van der Waals surface area contributed by atoms with Gasteiger partial charge in [0.25, 0.3) is 0 Å². The van der Waals surface area contributed by atoms with Crippen molar-refractivity contribution < 1.29 is 0 Å². The number of fused-ring (bicyclic) bond motifs is 3. The molecule has 0 saturated carbocycles. The summed E-state index contributed by atoms with van der Waals surface area (Å²) in [6.45, 7) is 13.5. The van der Waals surface area contributed by atoms with Gasteiger partial charge in [0.1, 0.15) is 10.0 Å². The van der Waals surface area contributed by atoms with Crippen molar-refractivity contribution in [2.75, 3.05) is 0 Å². The quantitative estimate of drug-likeness (QED) is 0.203. The van der Waals surface area contributed by atoms with Crippen molar-refractivity contribution in [3.63, 3.8) is 0 Å². The van der Waals surface area contributed by atoms with Crippen LogP contribution in [0.15, 0.2) is 70.3 Å². The molecule has 0 amide bonds. The lowest BCUT2D eigenvalue weighted by atomic mass is 9.85. The molecule has 0 unspecified atom stereocenters. The first-order valence-electron chi connectivity index (χ1n) is 12.6. The van der Waals surface area contributed by atoms with Crippen LogP contribution >= 0.6 is 34.3 Å². The second kappa shape index (κ2) is 8.51. The summed E-state index contributed by atoms with van der Waals surface area (Å²) >= 11 is 9.24. The van der Waals surface area contributed by atoms with Crippen LogP contribution in [-0.2, 0) is 10.8 Å². The lowest BCUT2D eigenvalue weighted by Gasteiger charge is -2.19. The zero-order chi connectivity index (χ0) is 27.1. The Balaban J connectivity index is 1.51. The molecule has 0 aliphatic rings. The minimum Gasteiger partial charge on any atom is -0.301 e. The summed E-state index contributed by atoms with van der Waals surface area (Å²) < 4.78 is 2.36. The molecule has 0 saturated heterocycles. The van der Waals surface area contributed by atoms with Gasteiger partial charge >= 0.3 is 0 Å². The van der Waals surface area contributed by atoms with E-state index in [9.17, 15) is 9.59 Å². The topological polar surface area (TPSA) is 39.1 Å². The van der Waals surface area contributed by atoms with Crippen molar-refractivity contribution in [1.29, 1.82) is 0 Å². The van der Waals surface area contributed by atoms with Gasteiger partial charge in [0.05, 0.1) is 16.6 Å². The highest BCUT2D eigenvalue weighted by atomic mass is 35.5. The molecule has 3 nitrogen and oxygen atoms in total. The van der Waals surface area contributed by atoms with E-state index in [1.165, 1.54) is 44.3 Å². The monoisotopic (exact) mass is 557 g/mol. The highest BCUT2D eigenvalue weighted by Gasteiger charge is 2.23. The maximum absolute atomic E-state index is 12.0. The average Bonchev–Trinajstić information content (AvgIpc) is 3.59. The Kier molecular flexibility index (Phi) is 5.66. The smallest absolute Gasteiger partial charge is 0.245 e. The Hall–Kier alpha value is -2.99. The molecule has 0 aliphatic carbocycles. The molecule has 0 radical (unpaired) electrons. The van der Waals surface area contributed by atoms with Crippen molar-refractivity contribution in [2.24, 2.45) is 0 Å². The summed E-state index contributed by atoms with van der Waals surface area (Å²) in [5.41, 5.74) is 4.39. The molecule has 0 fully saturated rings. The zero-order valence-corrected chi connectivity index (χ0v) is 24.6. The second-order valence-corrected chi connectivity index (χ2v) is 14.5. The lowest BCUT2D eigenvalue weighted by molar-refractivity contribution is 0.590. The van der Waals surface area contributed by atoms with E-state index in [2.05, 4.69) is 94.6 Å². The minimum atomic E-state index is -0.592. The van der Waals surface area contributed by atoms with Gasteiger partial charge in [-0.2, -0.15) is 0 Å². The predicted molar refractivity (Wildman–Crippen MR) is 165 cm³/mol. The molecule has 3 aromatic carbocycles. The predicted octanol–water partition coefficient (Wildman–Crippen LogP) is 9.09. The number of hydrogen-bond acceptors (Lipinski definition) is 4. The number of nitrogens with zero attached hydrogens (tertiary/aromatic N) is 1. The first-order valence-corrected chi connectivity index (χ1v) is 14.6. The minimum absolute atomic E-state index is 0.0461. The van der Waals surface area contributed by atoms with Gasteiger partial charge in [-0.15, -0.1) is 22.7 Å². The van der Waals surface area contributed by atoms with Crippen LogP contribution in [0.25, 0.3) is 47.0 Å². The highest BCUT2D eigenvalue weighted by molar-refractivity contribution is 7.24. The van der Waals surface area contributed by atoms with Crippen LogP contribution in [0.2, 0.25) is 5.02 Å². The summed E-state index contributed by atoms with van der Waals surface area (Å²) in [6.07, 6.45) is 0. The van der Waals surface area contributed by atoms with Gasteiger partial charge in [-0.3, -0.25) is 9.59 Å². The Morgan fingerprint density at radius 2 is 1.13 bits per heavy atom. The fourth-order valence-electron chi connectivity index (χ4n) is 4.96. The molecule has 0 aliphatic heterocycles. The Morgan fingerprint density at radius 3 is 1.66 bits per heavy atom. The van der Waals surface area contributed by atoms with Crippen LogP contribution in [0.4, 0.5) is 0 Å². The van der Waals surface area contributed by atoms with E-state index < -0.39 is 10.9 Å². The van der Waals surface area contributed by atoms with E-state index >= 15 is 0 Å². The van der Waals surface area contributed by atoms with Crippen LogP contribution < -0.4 is 10.9 Å². The standard InChI is InChI=1S/C32H28ClNO2S2/c1-31(2,3)17-7-9-21-19(15-17)20-16-18(32(4,5)6)8-10-22(20)34(21)26-14-13-24(38-26)23-11-12-25(37-23)27-28(33)30(36)29(27)35/h7-16H,1-6H3. The summed E-state index contributed by atoms with van der Waals surface area (Å²) in [6, 6.07) is 21.9. The van der Waals surface area contributed by atoms with E-state index in [-0.39, 0.29) is 15.9 Å². The highest BCUT2D eigenvalue weighted by Crippen LogP contribution is 2.42. The molecule has 3 aromatic heterocycles. The molecule has 192 valence electrons. The Bertz CT molecular complexity index is 1870. The van der Waals surface area contributed by atoms with Crippen molar-refractivity contribution in [3.05, 3.63) is 97.3 Å². The van der Waals surface area contributed by atoms with Crippen LogP contribution in [0, 0.1) is 0 Å². The third-order valence-electron chi connectivity index (χ3n) is 7.26. The summed E-state index contributed by atoms with van der Waals surface area (Å²) in [7, 11) is 0. The molecule has 0 N–H and O–H groups in total. The van der Waals surface area contributed by atoms with Gasteiger partial charge < -0.3 is 4.57 Å². The van der Waals surface area contributed by atoms with Gasteiger partial charge in [-0.05, 0) is 70.5 Å². The Labute approximate surface area is 234 Å². The Morgan fingerprint density at radius 1 is 0.632 bits per heavy atom. The molecule has 3 heterocycles. The van der Waals surface area contributed by atoms with Crippen molar-refractivity contribution in [3.8, 4) is 25.2 Å². The second-order valence-electron chi connectivity index (χ2n) is 11.9. The van der Waals surface area contributed by atoms with Gasteiger partial charge in [-0.25, -0.2) is 0 Å². The van der Waals surface area contributed by atoms with E-state index in [0.29, 0.717) is 5.56 Å². The molecule has 6 heteroatoms. The number of thiophene rings is 2. The largest absolute Gasteiger partial charge is 0.301 e. The fourth-order valence-corrected chi connectivity index (χ4v) is 7.47. The number of benzene rings is 2. The molecule has 6 rings (SSSR count). The third kappa shape index (κ3) is 3.91. The van der Waals surface area contributed by atoms with Gasteiger partial charge in [-0.1, -0.05) is 65.3 Å². The van der Waals surface area contributed by atoms with Gasteiger partial charge in [0, 0.05) is 25.4 Å². The summed E-state index contributed by atoms with van der Waals surface area (Å²) in [5, 5.41) is 3.71. The molecule has 6 aromatic rings. The van der Waals surface area contributed by atoms with Gasteiger partial charge in [0.15, 0.2) is 0 Å². The third-order valence-corrected chi connectivity index (χ3v) is 9.99. The van der Waals surface area contributed by atoms with Crippen molar-refractivity contribution in [2.45, 2.75) is 52.4 Å². The molecule has 0 atom stereocenters. The first-order chi connectivity index (χ1) is 17.8. The molecular weight excluding hydrogens is 530 g/mol. The van der Waals surface area contributed by atoms with Crippen LogP contribution in [0.3, 0.4) is 0 Å².